The van der Waals surface area contributed by atoms with Crippen LogP contribution in [0, 0.1) is 5.41 Å². The molecule has 0 unspecified atom stereocenters. The zero-order valence-electron chi connectivity index (χ0n) is 21.5. The molecule has 0 aliphatic carbocycles. The fourth-order valence-corrected chi connectivity index (χ4v) is 5.36. The number of nitrogens with one attached hydrogen (secondary N) is 2. The van der Waals surface area contributed by atoms with Crippen molar-refractivity contribution in [1.82, 2.24) is 24.8 Å². The van der Waals surface area contributed by atoms with Gasteiger partial charge in [0.2, 0.25) is 11.8 Å². The minimum absolute atomic E-state index is 0.0837. The van der Waals surface area contributed by atoms with Gasteiger partial charge in [-0.25, -0.2) is 19.9 Å². The summed E-state index contributed by atoms with van der Waals surface area (Å²) in [5.41, 5.74) is 1.41. The van der Waals surface area contributed by atoms with Crippen molar-refractivity contribution >= 4 is 35.1 Å². The molecule has 3 aliphatic rings. The maximum absolute atomic E-state index is 12.7. The molecule has 2 fully saturated rings. The van der Waals surface area contributed by atoms with E-state index in [1.807, 2.05) is 4.90 Å². The Morgan fingerprint density at radius 3 is 2.60 bits per heavy atom. The summed E-state index contributed by atoms with van der Waals surface area (Å²) in [5, 5.41) is 5.66. The summed E-state index contributed by atoms with van der Waals surface area (Å²) >= 11 is 0. The predicted octanol–water partition coefficient (Wildman–Crippen LogP) is 3.52. The van der Waals surface area contributed by atoms with Gasteiger partial charge in [0.05, 0.1) is 6.42 Å². The van der Waals surface area contributed by atoms with E-state index in [0.29, 0.717) is 28.8 Å². The zero-order chi connectivity index (χ0) is 28.1. The van der Waals surface area contributed by atoms with Gasteiger partial charge >= 0.3 is 6.36 Å². The minimum atomic E-state index is -4.83. The Morgan fingerprint density at radius 1 is 1.10 bits per heavy atom. The third-order valence-corrected chi connectivity index (χ3v) is 7.41. The molecule has 0 bridgehead atoms. The third-order valence-electron chi connectivity index (χ3n) is 7.41. The van der Waals surface area contributed by atoms with E-state index >= 15 is 0 Å². The standard InChI is InChI=1S/C26H25F3N8O3/c1-15(38)36-6-3-25(4-7-36)13-37(14-25)21-11-20(32-19-10-18(2-5-30-19)40-26(27,28)29)33-24(34-21)17-8-16-9-22(39)35-23(16)31-12-17/h2,5,8,10-12H,3-4,6-7,9,13-14H2,1H3,(H,31,35,39)(H,30,32,33,34). The van der Waals surface area contributed by atoms with Gasteiger partial charge in [0.15, 0.2) is 5.82 Å². The molecule has 6 rings (SSSR count). The Morgan fingerprint density at radius 2 is 1.88 bits per heavy atom. The fraction of sp³-hybridized carbons (Fsp3) is 0.385. The molecule has 0 aromatic carbocycles. The molecule has 6 heterocycles. The van der Waals surface area contributed by atoms with Crippen molar-refractivity contribution in [3.63, 3.8) is 0 Å². The lowest BCUT2D eigenvalue weighted by Gasteiger charge is -2.54. The van der Waals surface area contributed by atoms with Crippen molar-refractivity contribution in [3.8, 4) is 17.1 Å². The quantitative estimate of drug-likeness (QED) is 0.487. The normalized spacial score (nSPS) is 17.8. The van der Waals surface area contributed by atoms with Crippen molar-refractivity contribution in [3.05, 3.63) is 42.2 Å². The lowest BCUT2D eigenvalue weighted by molar-refractivity contribution is -0.274. The molecule has 0 radical (unpaired) electrons. The highest BCUT2D eigenvalue weighted by atomic mass is 19.4. The van der Waals surface area contributed by atoms with E-state index in [-0.39, 0.29) is 29.5 Å². The first-order valence-electron chi connectivity index (χ1n) is 12.7. The van der Waals surface area contributed by atoms with Gasteiger partial charge in [-0.05, 0) is 25.0 Å². The summed E-state index contributed by atoms with van der Waals surface area (Å²) in [6.07, 6.45) is -0.0664. The lowest BCUT2D eigenvalue weighted by Crippen LogP contribution is -2.61. The van der Waals surface area contributed by atoms with Crippen LogP contribution in [0.1, 0.15) is 25.3 Å². The van der Waals surface area contributed by atoms with Crippen LogP contribution < -0.4 is 20.3 Å². The van der Waals surface area contributed by atoms with Crippen LogP contribution in [0.15, 0.2) is 36.7 Å². The van der Waals surface area contributed by atoms with Gasteiger partial charge in [-0.15, -0.1) is 13.2 Å². The molecule has 3 aromatic heterocycles. The van der Waals surface area contributed by atoms with Gasteiger partial charge in [0.25, 0.3) is 0 Å². The number of piperidine rings is 1. The molecule has 3 aliphatic heterocycles. The molecular formula is C26H25F3N8O3. The van der Waals surface area contributed by atoms with Crippen LogP contribution in [0.3, 0.4) is 0 Å². The average Bonchev–Trinajstić information content (AvgIpc) is 3.25. The highest BCUT2D eigenvalue weighted by Gasteiger charge is 2.46. The number of amides is 2. The number of anilines is 4. The summed E-state index contributed by atoms with van der Waals surface area (Å²) in [4.78, 5) is 45.3. The molecule has 2 amide bonds. The van der Waals surface area contributed by atoms with Crippen LogP contribution in [0.25, 0.3) is 11.4 Å². The number of ether oxygens (including phenoxy) is 1. The number of likely N-dealkylation sites (tertiary alicyclic amines) is 1. The number of fused-ring (bicyclic) bond motifs is 1. The second-order valence-electron chi connectivity index (χ2n) is 10.3. The van der Waals surface area contributed by atoms with Gasteiger partial charge in [0, 0.05) is 74.2 Å². The molecule has 0 atom stereocenters. The van der Waals surface area contributed by atoms with Gasteiger partial charge in [-0.3, -0.25) is 9.59 Å². The van der Waals surface area contributed by atoms with Crippen LogP contribution >= 0.6 is 0 Å². The van der Waals surface area contributed by atoms with Crippen molar-refractivity contribution in [2.75, 3.05) is 41.7 Å². The number of aromatic nitrogens is 4. The fourth-order valence-electron chi connectivity index (χ4n) is 5.36. The Balaban J connectivity index is 1.28. The van der Waals surface area contributed by atoms with Crippen molar-refractivity contribution in [2.24, 2.45) is 5.41 Å². The first-order valence-corrected chi connectivity index (χ1v) is 12.7. The molecule has 40 heavy (non-hydrogen) atoms. The molecule has 208 valence electrons. The summed E-state index contributed by atoms with van der Waals surface area (Å²) in [7, 11) is 0. The minimum Gasteiger partial charge on any atom is -0.406 e. The Kier molecular flexibility index (Phi) is 6.19. The monoisotopic (exact) mass is 554 g/mol. The second kappa shape index (κ2) is 9.61. The van der Waals surface area contributed by atoms with E-state index in [2.05, 4.69) is 35.2 Å². The Bertz CT molecular complexity index is 1480. The first kappa shape index (κ1) is 25.8. The predicted molar refractivity (Wildman–Crippen MR) is 138 cm³/mol. The van der Waals surface area contributed by atoms with E-state index in [1.54, 1.807) is 25.3 Å². The molecule has 2 saturated heterocycles. The largest absolute Gasteiger partial charge is 0.573 e. The van der Waals surface area contributed by atoms with Crippen molar-refractivity contribution < 1.29 is 27.5 Å². The zero-order valence-corrected chi connectivity index (χ0v) is 21.5. The topological polar surface area (TPSA) is 125 Å². The third kappa shape index (κ3) is 5.33. The van der Waals surface area contributed by atoms with E-state index < -0.39 is 12.1 Å². The number of nitrogens with zero attached hydrogens (tertiary/aromatic N) is 6. The number of hydrogen-bond donors (Lipinski definition) is 2. The number of carbonyl (C=O) groups excluding carboxylic acids is 2. The Labute approximate surface area is 226 Å². The number of rotatable bonds is 5. The number of hydrogen-bond acceptors (Lipinski definition) is 9. The van der Waals surface area contributed by atoms with Crippen molar-refractivity contribution in [2.45, 2.75) is 32.5 Å². The molecular weight excluding hydrogens is 529 g/mol. The summed E-state index contributed by atoms with van der Waals surface area (Å²) in [6.45, 7) is 4.54. The van der Waals surface area contributed by atoms with Crippen LogP contribution in [-0.2, 0) is 16.0 Å². The lowest BCUT2D eigenvalue weighted by atomic mass is 9.72. The van der Waals surface area contributed by atoms with E-state index in [4.69, 9.17) is 4.98 Å². The maximum atomic E-state index is 12.7. The van der Waals surface area contributed by atoms with E-state index in [1.165, 1.54) is 6.20 Å². The molecule has 1 spiro atoms. The molecule has 3 aromatic rings. The highest BCUT2D eigenvalue weighted by molar-refractivity contribution is 5.98. The smallest absolute Gasteiger partial charge is 0.406 e. The SMILES string of the molecule is CC(=O)N1CCC2(CC1)CN(c1cc(Nc3cc(OC(F)(F)F)ccn3)nc(-c3cnc4c(c3)CC(=O)N4)n1)C2. The molecule has 0 saturated carbocycles. The summed E-state index contributed by atoms with van der Waals surface area (Å²) in [5.74, 6) is 1.41. The van der Waals surface area contributed by atoms with E-state index in [0.717, 1.165) is 56.7 Å². The van der Waals surface area contributed by atoms with Crippen LogP contribution in [-0.4, -0.2) is 69.2 Å². The number of pyridine rings is 2. The number of alkyl halides is 3. The van der Waals surface area contributed by atoms with Crippen molar-refractivity contribution in [1.29, 1.82) is 0 Å². The van der Waals surface area contributed by atoms with Gasteiger partial charge < -0.3 is 25.2 Å². The van der Waals surface area contributed by atoms with Crippen LogP contribution in [0.5, 0.6) is 5.75 Å². The van der Waals surface area contributed by atoms with E-state index in [9.17, 15) is 22.8 Å². The van der Waals surface area contributed by atoms with Crippen LogP contribution in [0.2, 0.25) is 0 Å². The maximum Gasteiger partial charge on any atom is 0.573 e. The summed E-state index contributed by atoms with van der Waals surface area (Å²) < 4.78 is 42.2. The second-order valence-corrected chi connectivity index (χ2v) is 10.3. The highest BCUT2D eigenvalue weighted by Crippen LogP contribution is 2.43. The average molecular weight is 555 g/mol. The van der Waals surface area contributed by atoms with Crippen LogP contribution in [0.4, 0.5) is 36.4 Å². The molecule has 2 N–H and O–H groups in total. The molecule has 14 heteroatoms. The first-order chi connectivity index (χ1) is 19.0. The Hall–Kier alpha value is -4.49. The van der Waals surface area contributed by atoms with Gasteiger partial charge in [0.1, 0.15) is 29.0 Å². The van der Waals surface area contributed by atoms with Gasteiger partial charge in [-0.2, -0.15) is 0 Å². The number of halogens is 3. The van der Waals surface area contributed by atoms with Gasteiger partial charge in [-0.1, -0.05) is 0 Å². The molecule has 11 nitrogen and oxygen atoms in total. The summed E-state index contributed by atoms with van der Waals surface area (Å²) in [6, 6.07) is 5.75. The number of carbonyl (C=O) groups is 2.